The second-order valence-corrected chi connectivity index (χ2v) is 0.283. The standard InChI is InChI=1S/CH2O3.Cu.H2O.Zn/c2-1(3)4;;;/h(H2,2,3,4);;1H2;. The van der Waals surface area contributed by atoms with E-state index in [2.05, 4.69) is 0 Å². The molecule has 0 atom stereocenters. The van der Waals surface area contributed by atoms with Gasteiger partial charge >= 0.3 is 6.16 Å². The van der Waals surface area contributed by atoms with Gasteiger partial charge in [-0.3, -0.25) is 0 Å². The van der Waals surface area contributed by atoms with E-state index in [1.54, 1.807) is 0 Å². The fraction of sp³-hybridized carbons (Fsp3) is 0. The smallest absolute Gasteiger partial charge is 0.450 e. The average Bonchev–Trinajstić information content (AvgIpc) is 0.811. The molecule has 7 heavy (non-hydrogen) atoms. The predicted molar refractivity (Wildman–Crippen MR) is 14.3 cm³/mol. The summed E-state index contributed by atoms with van der Waals surface area (Å²) < 4.78 is 0. The van der Waals surface area contributed by atoms with Crippen LogP contribution in [0.15, 0.2) is 0 Å². The van der Waals surface area contributed by atoms with Gasteiger partial charge in [-0.15, -0.1) is 0 Å². The predicted octanol–water partition coefficient (Wildman–Crippen LogP) is -0.607. The maximum Gasteiger partial charge on any atom is 0.503 e. The van der Waals surface area contributed by atoms with Crippen molar-refractivity contribution in [2.24, 2.45) is 0 Å². The van der Waals surface area contributed by atoms with E-state index in [-0.39, 0.29) is 42.0 Å². The molecule has 6 heteroatoms. The Morgan fingerprint density at radius 2 is 1.29 bits per heavy atom. The maximum atomic E-state index is 8.56. The van der Waals surface area contributed by atoms with Crippen LogP contribution in [0, 0.1) is 0 Å². The molecule has 0 saturated carbocycles. The zero-order valence-corrected chi connectivity index (χ0v) is 7.22. The van der Waals surface area contributed by atoms with E-state index in [9.17, 15) is 0 Å². The summed E-state index contributed by atoms with van der Waals surface area (Å²) in [6.45, 7) is 0. The monoisotopic (exact) mass is 207 g/mol. The number of hydrogen-bond donors (Lipinski definition) is 2. The topological polar surface area (TPSA) is 89.0 Å². The molecule has 0 aromatic rings. The van der Waals surface area contributed by atoms with Crippen LogP contribution < -0.4 is 0 Å². The summed E-state index contributed by atoms with van der Waals surface area (Å²) >= 11 is 0. The van der Waals surface area contributed by atoms with Crippen LogP contribution in [0.4, 0.5) is 4.79 Å². The molecule has 0 aliphatic carbocycles. The Morgan fingerprint density at radius 1 is 1.29 bits per heavy atom. The van der Waals surface area contributed by atoms with Gasteiger partial charge in [-0.25, -0.2) is 4.79 Å². The number of carbonyl (C=O) groups is 1. The van der Waals surface area contributed by atoms with Crippen molar-refractivity contribution in [2.45, 2.75) is 0 Å². The van der Waals surface area contributed by atoms with E-state index in [1.807, 2.05) is 0 Å². The van der Waals surface area contributed by atoms with Crippen LogP contribution in [0.1, 0.15) is 0 Å². The fourth-order valence-electron chi connectivity index (χ4n) is 0. The van der Waals surface area contributed by atoms with Crippen molar-refractivity contribution < 1.29 is 57.0 Å². The Balaban J connectivity index is -0.0000000150. The van der Waals surface area contributed by atoms with Gasteiger partial charge in [0.1, 0.15) is 0 Å². The van der Waals surface area contributed by atoms with Gasteiger partial charge in [0.25, 0.3) is 0 Å². The van der Waals surface area contributed by atoms with E-state index in [4.69, 9.17) is 15.0 Å². The van der Waals surface area contributed by atoms with Gasteiger partial charge < -0.3 is 15.7 Å². The van der Waals surface area contributed by atoms with Crippen LogP contribution in [0.3, 0.4) is 0 Å². The SMILES string of the molecule is O.O=C(O)O.[Cu].[Zn]. The fourth-order valence-corrected chi connectivity index (χ4v) is 0. The first-order valence-corrected chi connectivity index (χ1v) is 0.651. The Kier molecular flexibility index (Phi) is 60.8. The minimum absolute atomic E-state index is 0. The molecule has 0 saturated heterocycles. The number of carboxylic acid groups (broad SMARTS) is 2. The second kappa shape index (κ2) is 16.2. The van der Waals surface area contributed by atoms with Crippen LogP contribution in [-0.2, 0) is 36.5 Å². The van der Waals surface area contributed by atoms with Crippen LogP contribution >= 0.6 is 0 Å². The Morgan fingerprint density at radius 3 is 1.29 bits per heavy atom. The molecule has 4 nitrogen and oxygen atoms in total. The van der Waals surface area contributed by atoms with Gasteiger partial charge in [0.15, 0.2) is 0 Å². The van der Waals surface area contributed by atoms with E-state index in [0.29, 0.717) is 0 Å². The first-order valence-electron chi connectivity index (χ1n) is 0.651. The Labute approximate surface area is 63.4 Å². The van der Waals surface area contributed by atoms with E-state index < -0.39 is 6.16 Å². The van der Waals surface area contributed by atoms with Gasteiger partial charge in [-0.2, -0.15) is 0 Å². The summed E-state index contributed by atoms with van der Waals surface area (Å²) in [5.41, 5.74) is 0. The van der Waals surface area contributed by atoms with Crippen LogP contribution in [-0.4, -0.2) is 21.8 Å². The third-order valence-electron chi connectivity index (χ3n) is 0. The number of hydrogen-bond acceptors (Lipinski definition) is 1. The molecule has 0 aromatic heterocycles. The summed E-state index contributed by atoms with van der Waals surface area (Å²) in [6.07, 6.45) is -1.83. The Bertz CT molecular complexity index is 34.7. The van der Waals surface area contributed by atoms with Crippen LogP contribution in [0.25, 0.3) is 0 Å². The third-order valence-corrected chi connectivity index (χ3v) is 0. The van der Waals surface area contributed by atoms with Crippen molar-refractivity contribution in [3.05, 3.63) is 0 Å². The van der Waals surface area contributed by atoms with Crippen LogP contribution in [0.5, 0.6) is 0 Å². The molecule has 0 spiro atoms. The third kappa shape index (κ3) is 877. The molecule has 4 N–H and O–H groups in total. The van der Waals surface area contributed by atoms with E-state index in [0.717, 1.165) is 0 Å². The second-order valence-electron chi connectivity index (χ2n) is 0.283. The molecule has 0 aromatic carbocycles. The minimum Gasteiger partial charge on any atom is -0.450 e. The first-order chi connectivity index (χ1) is 1.73. The first kappa shape index (κ1) is 26.3. The van der Waals surface area contributed by atoms with Crippen molar-refractivity contribution in [1.29, 1.82) is 0 Å². The molecular weight excluding hydrogens is 205 g/mol. The van der Waals surface area contributed by atoms with Crippen molar-refractivity contribution in [3.8, 4) is 0 Å². The molecule has 0 aliphatic rings. The Hall–Kier alpha value is 0.373. The summed E-state index contributed by atoms with van der Waals surface area (Å²) in [7, 11) is 0. The van der Waals surface area contributed by atoms with Crippen molar-refractivity contribution in [1.82, 2.24) is 0 Å². The molecule has 45 valence electrons. The zero-order chi connectivity index (χ0) is 3.58. The molecule has 0 heterocycles. The van der Waals surface area contributed by atoms with Gasteiger partial charge in [0.2, 0.25) is 0 Å². The summed E-state index contributed by atoms with van der Waals surface area (Å²) in [6, 6.07) is 0. The summed E-state index contributed by atoms with van der Waals surface area (Å²) in [4.78, 5) is 8.56. The molecule has 0 fully saturated rings. The number of rotatable bonds is 0. The van der Waals surface area contributed by atoms with E-state index >= 15 is 0 Å². The molecule has 0 rings (SSSR count). The summed E-state index contributed by atoms with van der Waals surface area (Å²) in [5, 5.41) is 13.9. The summed E-state index contributed by atoms with van der Waals surface area (Å²) in [5.74, 6) is 0. The van der Waals surface area contributed by atoms with Gasteiger partial charge in [0.05, 0.1) is 0 Å². The molecule has 0 unspecified atom stereocenters. The van der Waals surface area contributed by atoms with Crippen molar-refractivity contribution >= 4 is 6.16 Å². The molecule has 0 bridgehead atoms. The van der Waals surface area contributed by atoms with Gasteiger partial charge in [0, 0.05) is 36.5 Å². The maximum absolute atomic E-state index is 8.56. The van der Waals surface area contributed by atoms with Crippen LogP contribution in [0.2, 0.25) is 0 Å². The molecular formula is CH4CuO4Zn. The largest absolute Gasteiger partial charge is 0.503 e. The van der Waals surface area contributed by atoms with Crippen molar-refractivity contribution in [3.63, 3.8) is 0 Å². The van der Waals surface area contributed by atoms with Gasteiger partial charge in [-0.1, -0.05) is 0 Å². The molecule has 0 aliphatic heterocycles. The van der Waals surface area contributed by atoms with Crippen molar-refractivity contribution in [2.75, 3.05) is 0 Å². The minimum atomic E-state index is -1.83. The molecule has 1 radical (unpaired) electrons. The van der Waals surface area contributed by atoms with Gasteiger partial charge in [-0.05, 0) is 0 Å². The molecule has 0 amide bonds. The zero-order valence-electron chi connectivity index (χ0n) is 3.31. The van der Waals surface area contributed by atoms with E-state index in [1.165, 1.54) is 0 Å². The quantitative estimate of drug-likeness (QED) is 0.521. The average molecular weight is 209 g/mol. The normalized spacial score (nSPS) is 3.43.